The lowest BCUT2D eigenvalue weighted by atomic mass is 10.1. The largest absolute Gasteiger partial charge is 0.457 e. The molecule has 0 radical (unpaired) electrons. The Kier molecular flexibility index (Phi) is 6.96. The first-order valence-corrected chi connectivity index (χ1v) is 11.8. The summed E-state index contributed by atoms with van der Waals surface area (Å²) in [5.41, 5.74) is 4.79. The van der Waals surface area contributed by atoms with Gasteiger partial charge < -0.3 is 14.5 Å². The fraction of sp³-hybridized carbons (Fsp3) is 0.550. The molecule has 2 aromatic rings. The summed E-state index contributed by atoms with van der Waals surface area (Å²) in [4.78, 5) is 28.2. The van der Waals surface area contributed by atoms with Crippen molar-refractivity contribution in [2.45, 2.75) is 26.3 Å². The number of oxazole rings is 1. The molecule has 0 aromatic carbocycles. The number of nitrogens with one attached hydrogen (secondary N) is 2. The molecule has 0 aliphatic carbocycles. The van der Waals surface area contributed by atoms with Crippen LogP contribution in [0.15, 0.2) is 23.1 Å². The minimum Gasteiger partial charge on any atom is -0.457 e. The molecule has 168 valence electrons. The SMILES string of the molecule is CCOC(=O)S1=CC(C)CN1Nc1nc(-c2cnco2)cc(C2CNCCCN2C)n1. The van der Waals surface area contributed by atoms with Gasteiger partial charge in [-0.25, -0.2) is 19.7 Å². The molecule has 11 heteroatoms. The van der Waals surface area contributed by atoms with Crippen molar-refractivity contribution in [3.63, 3.8) is 0 Å². The molecule has 1 fully saturated rings. The van der Waals surface area contributed by atoms with Crippen molar-refractivity contribution in [3.05, 3.63) is 24.4 Å². The highest BCUT2D eigenvalue weighted by Gasteiger charge is 2.28. The number of likely N-dealkylation sites (N-methyl/N-ethyl adjacent to an activating group) is 1. The van der Waals surface area contributed by atoms with E-state index in [1.807, 2.05) is 22.8 Å². The summed E-state index contributed by atoms with van der Waals surface area (Å²) in [6, 6.07) is 2.05. The van der Waals surface area contributed by atoms with Gasteiger partial charge in [0.15, 0.2) is 12.2 Å². The number of aromatic nitrogens is 3. The number of rotatable bonds is 5. The van der Waals surface area contributed by atoms with Gasteiger partial charge in [-0.05, 0) is 50.8 Å². The van der Waals surface area contributed by atoms with Gasteiger partial charge in [-0.15, -0.1) is 0 Å². The zero-order valence-electron chi connectivity index (χ0n) is 18.1. The highest BCUT2D eigenvalue weighted by molar-refractivity contribution is 8.25. The van der Waals surface area contributed by atoms with Crippen molar-refractivity contribution in [2.24, 2.45) is 5.92 Å². The third-order valence-electron chi connectivity index (χ3n) is 5.22. The maximum Gasteiger partial charge on any atom is 0.376 e. The van der Waals surface area contributed by atoms with Crippen LogP contribution in [0, 0.1) is 5.92 Å². The third-order valence-corrected chi connectivity index (χ3v) is 7.11. The molecule has 10 nitrogen and oxygen atoms in total. The fourth-order valence-corrected chi connectivity index (χ4v) is 5.48. The predicted octanol–water partition coefficient (Wildman–Crippen LogP) is 2.52. The number of nitrogens with zero attached hydrogens (tertiary/aromatic N) is 5. The molecular formula is C20H29N7O3S. The van der Waals surface area contributed by atoms with E-state index in [1.165, 1.54) is 6.39 Å². The zero-order valence-corrected chi connectivity index (χ0v) is 18.9. The van der Waals surface area contributed by atoms with Crippen LogP contribution < -0.4 is 10.7 Å². The Hall–Kier alpha value is -2.34. The Morgan fingerprint density at radius 2 is 2.32 bits per heavy atom. The first-order chi connectivity index (χ1) is 15.0. The summed E-state index contributed by atoms with van der Waals surface area (Å²) in [6.07, 6.45) is 4.11. The molecule has 1 saturated heterocycles. The molecule has 4 heterocycles. The summed E-state index contributed by atoms with van der Waals surface area (Å²) < 4.78 is 12.6. The molecule has 31 heavy (non-hydrogen) atoms. The number of carbonyl (C=O) groups excluding carboxylic acids is 1. The van der Waals surface area contributed by atoms with Crippen molar-refractivity contribution in [1.29, 1.82) is 0 Å². The lowest BCUT2D eigenvalue weighted by Crippen LogP contribution is -2.31. The van der Waals surface area contributed by atoms with Crippen molar-refractivity contribution in [3.8, 4) is 11.5 Å². The van der Waals surface area contributed by atoms with Crippen LogP contribution in [0.1, 0.15) is 32.0 Å². The molecule has 0 bridgehead atoms. The lowest BCUT2D eigenvalue weighted by Gasteiger charge is -2.26. The maximum atomic E-state index is 12.4. The van der Waals surface area contributed by atoms with Gasteiger partial charge in [0.25, 0.3) is 0 Å². The lowest BCUT2D eigenvalue weighted by molar-refractivity contribution is 0.180. The number of hydrazine groups is 1. The fourth-order valence-electron chi connectivity index (χ4n) is 3.70. The van der Waals surface area contributed by atoms with Crippen LogP contribution in [0.4, 0.5) is 10.7 Å². The second-order valence-corrected chi connectivity index (χ2v) is 9.38. The summed E-state index contributed by atoms with van der Waals surface area (Å²) in [5, 5.41) is 5.24. The van der Waals surface area contributed by atoms with Gasteiger partial charge in [0.2, 0.25) is 5.95 Å². The quantitative estimate of drug-likeness (QED) is 0.524. The number of hydrogen-bond acceptors (Lipinski definition) is 10. The molecular weight excluding hydrogens is 418 g/mol. The average Bonchev–Trinajstić information content (AvgIpc) is 3.35. The Morgan fingerprint density at radius 1 is 1.45 bits per heavy atom. The Morgan fingerprint density at radius 3 is 3.10 bits per heavy atom. The van der Waals surface area contributed by atoms with Gasteiger partial charge >= 0.3 is 5.30 Å². The highest BCUT2D eigenvalue weighted by atomic mass is 32.2. The molecule has 0 saturated carbocycles. The summed E-state index contributed by atoms with van der Waals surface area (Å²) >= 11 is 0. The van der Waals surface area contributed by atoms with E-state index < -0.39 is 10.7 Å². The minimum atomic E-state index is -0.807. The van der Waals surface area contributed by atoms with Gasteiger partial charge in [-0.2, -0.15) is 4.41 Å². The third kappa shape index (κ3) is 5.12. The molecule has 4 rings (SSSR count). The Labute approximate surface area is 184 Å². The van der Waals surface area contributed by atoms with E-state index in [0.717, 1.165) is 31.7 Å². The maximum absolute atomic E-state index is 12.4. The van der Waals surface area contributed by atoms with Crippen LogP contribution in [0.2, 0.25) is 0 Å². The van der Waals surface area contributed by atoms with E-state index in [1.54, 1.807) is 6.20 Å². The van der Waals surface area contributed by atoms with E-state index in [2.05, 4.69) is 39.6 Å². The Balaban J connectivity index is 1.66. The molecule has 2 N–H and O–H groups in total. The van der Waals surface area contributed by atoms with E-state index in [-0.39, 0.29) is 17.3 Å². The van der Waals surface area contributed by atoms with Gasteiger partial charge in [-0.3, -0.25) is 10.3 Å². The Bertz CT molecular complexity index is 937. The normalized spacial score (nSPS) is 25.1. The monoisotopic (exact) mass is 447 g/mol. The van der Waals surface area contributed by atoms with E-state index in [0.29, 0.717) is 30.6 Å². The van der Waals surface area contributed by atoms with E-state index >= 15 is 0 Å². The van der Waals surface area contributed by atoms with Gasteiger partial charge in [0.05, 0.1) is 24.5 Å². The smallest absolute Gasteiger partial charge is 0.376 e. The first kappa shape index (κ1) is 21.9. The van der Waals surface area contributed by atoms with Crippen LogP contribution in [-0.2, 0) is 4.74 Å². The summed E-state index contributed by atoms with van der Waals surface area (Å²) in [5.74, 6) is 1.24. The summed E-state index contributed by atoms with van der Waals surface area (Å²) in [7, 11) is 1.30. The molecule has 3 atom stereocenters. The second kappa shape index (κ2) is 9.86. The molecule has 2 aromatic heterocycles. The number of anilines is 1. The summed E-state index contributed by atoms with van der Waals surface area (Å²) in [6.45, 7) is 7.66. The number of hydrogen-bond donors (Lipinski definition) is 2. The molecule has 3 unspecified atom stereocenters. The van der Waals surface area contributed by atoms with Crippen LogP contribution in [0.5, 0.6) is 0 Å². The second-order valence-electron chi connectivity index (χ2n) is 7.71. The van der Waals surface area contributed by atoms with Gasteiger partial charge in [0, 0.05) is 23.8 Å². The van der Waals surface area contributed by atoms with Crippen LogP contribution in [0.3, 0.4) is 0 Å². The van der Waals surface area contributed by atoms with Crippen molar-refractivity contribution in [1.82, 2.24) is 29.6 Å². The minimum absolute atomic E-state index is 0.0973. The molecule has 0 amide bonds. The van der Waals surface area contributed by atoms with E-state index in [9.17, 15) is 4.79 Å². The number of carbonyl (C=O) groups is 1. The highest BCUT2D eigenvalue weighted by Crippen LogP contribution is 2.31. The standard InChI is InChI=1S/C20H29N7O3S/c1-4-29-20(28)31-12-14(2)11-27(31)25-19-23-15(17-9-21-6-5-7-26(17)3)8-16(24-19)18-10-22-13-30-18/h8,10,12-14,17,21H,4-7,9,11H2,1-3H3,(H,23,24,25). The van der Waals surface area contributed by atoms with Crippen molar-refractivity contribution in [2.75, 3.05) is 45.3 Å². The van der Waals surface area contributed by atoms with Crippen LogP contribution in [-0.4, -0.2) is 74.8 Å². The number of ether oxygens (including phenoxy) is 1. The predicted molar refractivity (Wildman–Crippen MR) is 121 cm³/mol. The molecule has 2 aliphatic rings. The van der Waals surface area contributed by atoms with Crippen LogP contribution in [0.25, 0.3) is 11.5 Å². The van der Waals surface area contributed by atoms with E-state index in [4.69, 9.17) is 14.1 Å². The van der Waals surface area contributed by atoms with Gasteiger partial charge in [-0.1, -0.05) is 6.92 Å². The van der Waals surface area contributed by atoms with Gasteiger partial charge in [0.1, 0.15) is 5.69 Å². The van der Waals surface area contributed by atoms with Crippen molar-refractivity contribution >= 4 is 27.3 Å². The molecule has 0 spiro atoms. The van der Waals surface area contributed by atoms with Crippen LogP contribution >= 0.6 is 10.7 Å². The average molecular weight is 448 g/mol. The first-order valence-electron chi connectivity index (χ1n) is 10.5. The molecule has 2 aliphatic heterocycles. The van der Waals surface area contributed by atoms with Crippen molar-refractivity contribution < 1.29 is 13.9 Å². The topological polar surface area (TPSA) is 109 Å². The zero-order chi connectivity index (χ0) is 21.8.